The minimum Gasteiger partial charge on any atom is -0.377 e. The molecule has 0 fully saturated rings. The number of hydrogen-bond acceptors (Lipinski definition) is 4. The van der Waals surface area contributed by atoms with Crippen molar-refractivity contribution in [2.75, 3.05) is 26.1 Å². The second-order valence-electron chi connectivity index (χ2n) is 4.95. The fourth-order valence-corrected chi connectivity index (χ4v) is 2.07. The number of aromatic nitrogens is 3. The third-order valence-corrected chi connectivity index (χ3v) is 3.32. The molecule has 0 unspecified atom stereocenters. The van der Waals surface area contributed by atoms with Crippen LogP contribution in [0.1, 0.15) is 25.5 Å². The van der Waals surface area contributed by atoms with Crippen molar-refractivity contribution in [1.29, 1.82) is 0 Å². The van der Waals surface area contributed by atoms with Crippen LogP contribution in [0.5, 0.6) is 0 Å². The maximum absolute atomic E-state index is 5.36. The van der Waals surface area contributed by atoms with Crippen molar-refractivity contribution < 1.29 is 4.74 Å². The highest BCUT2D eigenvalue weighted by molar-refractivity contribution is 5.57. The molecule has 0 saturated carbocycles. The molecule has 108 valence electrons. The quantitative estimate of drug-likeness (QED) is 0.841. The van der Waals surface area contributed by atoms with E-state index in [1.165, 1.54) is 0 Å². The van der Waals surface area contributed by atoms with Crippen molar-refractivity contribution in [2.24, 2.45) is 0 Å². The average Bonchev–Trinajstić information content (AvgIpc) is 2.91. The van der Waals surface area contributed by atoms with E-state index in [1.54, 1.807) is 7.11 Å². The standard InChI is InChI=1S/C15H22N4O/c1-6-19-15(18(3)4)16-14(17-19)13-9-7-8-12(10-13)11(2)20-5/h7-11H,6H2,1-5H3/t11-/m1/s1. The van der Waals surface area contributed by atoms with Gasteiger partial charge in [0.05, 0.1) is 6.10 Å². The third kappa shape index (κ3) is 2.82. The van der Waals surface area contributed by atoms with Crippen LogP contribution in [0.2, 0.25) is 0 Å². The predicted octanol–water partition coefficient (Wildman–Crippen LogP) is 2.74. The second kappa shape index (κ2) is 6.05. The number of hydrogen-bond donors (Lipinski definition) is 0. The monoisotopic (exact) mass is 274 g/mol. The highest BCUT2D eigenvalue weighted by Gasteiger charge is 2.13. The van der Waals surface area contributed by atoms with Gasteiger partial charge in [0.15, 0.2) is 5.82 Å². The fourth-order valence-electron chi connectivity index (χ4n) is 2.07. The molecule has 0 aliphatic carbocycles. The number of nitrogens with zero attached hydrogens (tertiary/aromatic N) is 4. The van der Waals surface area contributed by atoms with Gasteiger partial charge in [0.1, 0.15) is 0 Å². The molecule has 1 heterocycles. The molecule has 0 spiro atoms. The summed E-state index contributed by atoms with van der Waals surface area (Å²) in [5.74, 6) is 1.62. The maximum Gasteiger partial charge on any atom is 0.223 e. The first-order valence-electron chi connectivity index (χ1n) is 6.82. The summed E-state index contributed by atoms with van der Waals surface area (Å²) in [6.07, 6.45) is 0.0662. The van der Waals surface area contributed by atoms with E-state index in [1.807, 2.05) is 42.7 Å². The topological polar surface area (TPSA) is 43.2 Å². The lowest BCUT2D eigenvalue weighted by molar-refractivity contribution is 0.119. The molecule has 5 heteroatoms. The van der Waals surface area contributed by atoms with Crippen LogP contribution in [0, 0.1) is 0 Å². The Bertz CT molecular complexity index is 577. The Kier molecular flexibility index (Phi) is 4.39. The first-order chi connectivity index (χ1) is 9.56. The summed E-state index contributed by atoms with van der Waals surface area (Å²) >= 11 is 0. The van der Waals surface area contributed by atoms with Crippen LogP contribution in [0.3, 0.4) is 0 Å². The van der Waals surface area contributed by atoms with E-state index in [0.29, 0.717) is 0 Å². The molecule has 2 rings (SSSR count). The Morgan fingerprint density at radius 1 is 1.35 bits per heavy atom. The van der Waals surface area contributed by atoms with Crippen molar-refractivity contribution in [3.8, 4) is 11.4 Å². The van der Waals surface area contributed by atoms with Crippen LogP contribution >= 0.6 is 0 Å². The molecular formula is C15H22N4O. The van der Waals surface area contributed by atoms with E-state index < -0.39 is 0 Å². The van der Waals surface area contributed by atoms with Gasteiger partial charge in [0, 0.05) is 33.3 Å². The molecule has 0 radical (unpaired) electrons. The Morgan fingerprint density at radius 3 is 2.65 bits per heavy atom. The summed E-state index contributed by atoms with van der Waals surface area (Å²) in [4.78, 5) is 6.59. The summed E-state index contributed by atoms with van der Waals surface area (Å²) in [5, 5.41) is 4.57. The third-order valence-electron chi connectivity index (χ3n) is 3.32. The lowest BCUT2D eigenvalue weighted by Gasteiger charge is -2.10. The van der Waals surface area contributed by atoms with Crippen LogP contribution in [-0.4, -0.2) is 36.0 Å². The van der Waals surface area contributed by atoms with Gasteiger partial charge in [-0.1, -0.05) is 18.2 Å². The first kappa shape index (κ1) is 14.5. The minimum absolute atomic E-state index is 0.0662. The normalized spacial score (nSPS) is 12.4. The molecule has 0 N–H and O–H groups in total. The Balaban J connectivity index is 2.41. The summed E-state index contributed by atoms with van der Waals surface area (Å²) in [5.41, 5.74) is 2.14. The van der Waals surface area contributed by atoms with E-state index in [0.717, 1.165) is 29.4 Å². The first-order valence-corrected chi connectivity index (χ1v) is 6.82. The molecule has 1 aromatic carbocycles. The SMILES string of the molecule is CCn1nc(-c2cccc([C@@H](C)OC)c2)nc1N(C)C. The Labute approximate surface area is 120 Å². The molecule has 1 aromatic heterocycles. The van der Waals surface area contributed by atoms with Crippen molar-refractivity contribution in [2.45, 2.75) is 26.5 Å². The number of methoxy groups -OCH3 is 1. The molecule has 0 saturated heterocycles. The molecule has 2 aromatic rings. The average molecular weight is 274 g/mol. The zero-order valence-electron chi connectivity index (χ0n) is 12.8. The van der Waals surface area contributed by atoms with Crippen molar-refractivity contribution in [3.05, 3.63) is 29.8 Å². The summed E-state index contributed by atoms with van der Waals surface area (Å²) in [6.45, 7) is 4.89. The molecule has 5 nitrogen and oxygen atoms in total. The van der Waals surface area contributed by atoms with Crippen LogP contribution in [0.25, 0.3) is 11.4 Å². The fraction of sp³-hybridized carbons (Fsp3) is 0.467. The molecule has 1 atom stereocenters. The highest BCUT2D eigenvalue weighted by atomic mass is 16.5. The van der Waals surface area contributed by atoms with Crippen molar-refractivity contribution >= 4 is 5.95 Å². The van der Waals surface area contributed by atoms with Gasteiger partial charge in [0.2, 0.25) is 5.95 Å². The number of benzene rings is 1. The van der Waals surface area contributed by atoms with E-state index in [-0.39, 0.29) is 6.10 Å². The molecule has 0 bridgehead atoms. The van der Waals surface area contributed by atoms with E-state index >= 15 is 0 Å². The van der Waals surface area contributed by atoms with E-state index in [9.17, 15) is 0 Å². The van der Waals surface area contributed by atoms with E-state index in [4.69, 9.17) is 4.74 Å². The van der Waals surface area contributed by atoms with Crippen molar-refractivity contribution in [1.82, 2.24) is 14.8 Å². The van der Waals surface area contributed by atoms with E-state index in [2.05, 4.69) is 29.1 Å². The van der Waals surface area contributed by atoms with Gasteiger partial charge >= 0.3 is 0 Å². The van der Waals surface area contributed by atoms with Gasteiger partial charge < -0.3 is 9.64 Å². The molecule has 0 aliphatic rings. The van der Waals surface area contributed by atoms with Crippen LogP contribution < -0.4 is 4.90 Å². The highest BCUT2D eigenvalue weighted by Crippen LogP contribution is 2.24. The number of anilines is 1. The molecular weight excluding hydrogens is 252 g/mol. The lowest BCUT2D eigenvalue weighted by atomic mass is 10.1. The zero-order valence-corrected chi connectivity index (χ0v) is 12.8. The van der Waals surface area contributed by atoms with Gasteiger partial charge in [-0.25, -0.2) is 4.68 Å². The smallest absolute Gasteiger partial charge is 0.223 e. The number of rotatable bonds is 5. The lowest BCUT2D eigenvalue weighted by Crippen LogP contribution is -2.15. The summed E-state index contributed by atoms with van der Waals surface area (Å²) in [6, 6.07) is 8.19. The Morgan fingerprint density at radius 2 is 2.10 bits per heavy atom. The summed E-state index contributed by atoms with van der Waals surface area (Å²) in [7, 11) is 5.66. The summed E-state index contributed by atoms with van der Waals surface area (Å²) < 4.78 is 7.27. The molecule has 0 aliphatic heterocycles. The van der Waals surface area contributed by atoms with Gasteiger partial charge in [-0.05, 0) is 25.5 Å². The van der Waals surface area contributed by atoms with Crippen LogP contribution in [0.15, 0.2) is 24.3 Å². The zero-order chi connectivity index (χ0) is 14.7. The van der Waals surface area contributed by atoms with Crippen molar-refractivity contribution in [3.63, 3.8) is 0 Å². The molecule has 20 heavy (non-hydrogen) atoms. The number of aryl methyl sites for hydroxylation is 1. The molecule has 0 amide bonds. The van der Waals surface area contributed by atoms with Gasteiger partial charge in [-0.3, -0.25) is 0 Å². The van der Waals surface area contributed by atoms with Crippen LogP contribution in [0.4, 0.5) is 5.95 Å². The van der Waals surface area contributed by atoms with Crippen LogP contribution in [-0.2, 0) is 11.3 Å². The van der Waals surface area contributed by atoms with Gasteiger partial charge in [-0.2, -0.15) is 4.98 Å². The van der Waals surface area contributed by atoms with Gasteiger partial charge in [0.25, 0.3) is 0 Å². The minimum atomic E-state index is 0.0662. The predicted molar refractivity (Wildman–Crippen MR) is 80.9 cm³/mol. The largest absolute Gasteiger partial charge is 0.377 e. The van der Waals surface area contributed by atoms with Gasteiger partial charge in [-0.15, -0.1) is 5.10 Å². The number of ether oxygens (including phenoxy) is 1. The second-order valence-corrected chi connectivity index (χ2v) is 4.95. The maximum atomic E-state index is 5.36. The Hall–Kier alpha value is -1.88.